The van der Waals surface area contributed by atoms with Crippen molar-refractivity contribution in [2.45, 2.75) is 6.92 Å². The molecule has 0 unspecified atom stereocenters. The van der Waals surface area contributed by atoms with Crippen molar-refractivity contribution < 1.29 is 9.47 Å². The Morgan fingerprint density at radius 1 is 1.24 bits per heavy atom. The Bertz CT molecular complexity index is 515. The predicted molar refractivity (Wildman–Crippen MR) is 65.8 cm³/mol. The smallest absolute Gasteiger partial charge is 0.148 e. The number of aromatic nitrogens is 2. The molecule has 0 aliphatic carbocycles. The number of hydrogen-bond donors (Lipinski definition) is 1. The van der Waals surface area contributed by atoms with Crippen molar-refractivity contribution in [1.29, 1.82) is 0 Å². The molecular formula is C12H15N3O2. The van der Waals surface area contributed by atoms with Crippen LogP contribution in [-0.2, 0) is 0 Å². The van der Waals surface area contributed by atoms with Gasteiger partial charge < -0.3 is 15.2 Å². The summed E-state index contributed by atoms with van der Waals surface area (Å²) in [5.74, 6) is 1.43. The van der Waals surface area contributed by atoms with Crippen molar-refractivity contribution in [3.63, 3.8) is 0 Å². The Morgan fingerprint density at radius 3 is 2.53 bits per heavy atom. The normalized spacial score (nSPS) is 10.3. The zero-order valence-electron chi connectivity index (χ0n) is 10.1. The molecule has 90 valence electrons. The van der Waals surface area contributed by atoms with Crippen LogP contribution < -0.4 is 15.2 Å². The maximum atomic E-state index is 5.78. The van der Waals surface area contributed by atoms with Crippen molar-refractivity contribution in [3.05, 3.63) is 30.1 Å². The van der Waals surface area contributed by atoms with Crippen LogP contribution in [0.3, 0.4) is 0 Å². The molecule has 0 aliphatic rings. The molecule has 0 fully saturated rings. The summed E-state index contributed by atoms with van der Waals surface area (Å²) in [5.41, 5.74) is 8.05. The molecule has 0 bridgehead atoms. The number of benzene rings is 1. The quantitative estimate of drug-likeness (QED) is 0.877. The van der Waals surface area contributed by atoms with Crippen LogP contribution in [-0.4, -0.2) is 24.0 Å². The van der Waals surface area contributed by atoms with E-state index in [-0.39, 0.29) is 0 Å². The topological polar surface area (TPSA) is 62.3 Å². The third kappa shape index (κ3) is 2.04. The summed E-state index contributed by atoms with van der Waals surface area (Å²) in [7, 11) is 3.22. The van der Waals surface area contributed by atoms with Crippen molar-refractivity contribution in [1.82, 2.24) is 9.78 Å². The van der Waals surface area contributed by atoms with E-state index in [4.69, 9.17) is 15.2 Å². The zero-order valence-corrected chi connectivity index (χ0v) is 10.1. The molecule has 0 amide bonds. The highest BCUT2D eigenvalue weighted by molar-refractivity contribution is 5.52. The molecule has 0 spiro atoms. The number of nitrogens with zero attached hydrogens (tertiary/aromatic N) is 2. The molecule has 2 N–H and O–H groups in total. The Balaban J connectivity index is 2.51. The number of methoxy groups -OCH3 is 2. The van der Waals surface area contributed by atoms with E-state index in [1.54, 1.807) is 25.1 Å². The number of aryl methyl sites for hydroxylation is 1. The van der Waals surface area contributed by atoms with E-state index >= 15 is 0 Å². The average molecular weight is 233 g/mol. The molecule has 17 heavy (non-hydrogen) atoms. The minimum Gasteiger partial charge on any atom is -0.497 e. The van der Waals surface area contributed by atoms with E-state index in [9.17, 15) is 0 Å². The number of nitrogens with two attached hydrogens (primary N) is 1. The van der Waals surface area contributed by atoms with Gasteiger partial charge >= 0.3 is 0 Å². The number of ether oxygens (including phenoxy) is 2. The van der Waals surface area contributed by atoms with Gasteiger partial charge in [-0.15, -0.1) is 0 Å². The molecule has 2 aromatic rings. The minimum absolute atomic E-state index is 0.655. The standard InChI is InChI=1S/C12H15N3O2/c1-8-10(13)7-15(14-8)11-5-4-9(16-2)6-12(11)17-3/h4-7H,13H2,1-3H3. The maximum absolute atomic E-state index is 5.78. The Kier molecular flexibility index (Phi) is 2.91. The Hall–Kier alpha value is -2.17. The van der Waals surface area contributed by atoms with Crippen molar-refractivity contribution in [2.75, 3.05) is 20.0 Å². The van der Waals surface area contributed by atoms with Crippen LogP contribution in [0.5, 0.6) is 11.5 Å². The van der Waals surface area contributed by atoms with Crippen molar-refractivity contribution >= 4 is 5.69 Å². The van der Waals surface area contributed by atoms with Crippen LogP contribution in [0.2, 0.25) is 0 Å². The fraction of sp³-hybridized carbons (Fsp3) is 0.250. The van der Waals surface area contributed by atoms with Crippen LogP contribution in [0, 0.1) is 6.92 Å². The Labute approximate surface area is 99.8 Å². The molecule has 1 aromatic carbocycles. The maximum Gasteiger partial charge on any atom is 0.148 e. The summed E-state index contributed by atoms with van der Waals surface area (Å²) in [6.45, 7) is 1.86. The second-order valence-electron chi connectivity index (χ2n) is 3.65. The monoisotopic (exact) mass is 233 g/mol. The van der Waals surface area contributed by atoms with Gasteiger partial charge in [-0.2, -0.15) is 5.10 Å². The van der Waals surface area contributed by atoms with E-state index in [0.29, 0.717) is 11.4 Å². The molecular weight excluding hydrogens is 218 g/mol. The van der Waals surface area contributed by atoms with E-state index in [1.807, 2.05) is 25.1 Å². The SMILES string of the molecule is COc1ccc(-n2cc(N)c(C)n2)c(OC)c1. The molecule has 0 aliphatic heterocycles. The van der Waals surface area contributed by atoms with Crippen molar-refractivity contribution in [3.8, 4) is 17.2 Å². The largest absolute Gasteiger partial charge is 0.497 e. The van der Waals surface area contributed by atoms with Gasteiger partial charge in [0, 0.05) is 6.07 Å². The third-order valence-electron chi connectivity index (χ3n) is 2.57. The molecule has 5 heteroatoms. The molecule has 0 saturated heterocycles. The number of anilines is 1. The first-order valence-electron chi connectivity index (χ1n) is 5.20. The lowest BCUT2D eigenvalue weighted by atomic mass is 10.2. The van der Waals surface area contributed by atoms with E-state index < -0.39 is 0 Å². The van der Waals surface area contributed by atoms with Crippen molar-refractivity contribution in [2.24, 2.45) is 0 Å². The second kappa shape index (κ2) is 4.37. The first-order valence-corrected chi connectivity index (χ1v) is 5.20. The van der Waals surface area contributed by atoms with Gasteiger partial charge in [-0.3, -0.25) is 0 Å². The molecule has 0 saturated carbocycles. The van der Waals surface area contributed by atoms with Gasteiger partial charge in [0.1, 0.15) is 17.2 Å². The number of rotatable bonds is 3. The third-order valence-corrected chi connectivity index (χ3v) is 2.57. The number of hydrogen-bond acceptors (Lipinski definition) is 4. The molecule has 0 radical (unpaired) electrons. The minimum atomic E-state index is 0.655. The van der Waals surface area contributed by atoms with E-state index in [1.165, 1.54) is 0 Å². The summed E-state index contributed by atoms with van der Waals surface area (Å²) >= 11 is 0. The molecule has 0 atom stereocenters. The fourth-order valence-electron chi connectivity index (χ4n) is 1.57. The van der Waals surface area contributed by atoms with Crippen LogP contribution in [0.25, 0.3) is 5.69 Å². The van der Waals surface area contributed by atoms with Gasteiger partial charge in [0.15, 0.2) is 0 Å². The summed E-state index contributed by atoms with van der Waals surface area (Å²) in [5, 5.41) is 4.32. The first kappa shape index (κ1) is 11.3. The lowest BCUT2D eigenvalue weighted by Gasteiger charge is -2.09. The fourth-order valence-corrected chi connectivity index (χ4v) is 1.57. The van der Waals surface area contributed by atoms with Crippen LogP contribution >= 0.6 is 0 Å². The van der Waals surface area contributed by atoms with Crippen LogP contribution in [0.1, 0.15) is 5.69 Å². The Morgan fingerprint density at radius 2 is 2.00 bits per heavy atom. The molecule has 1 heterocycles. The lowest BCUT2D eigenvalue weighted by Crippen LogP contribution is -1.99. The van der Waals surface area contributed by atoms with Crippen LogP contribution in [0.4, 0.5) is 5.69 Å². The summed E-state index contributed by atoms with van der Waals surface area (Å²) in [6, 6.07) is 5.54. The summed E-state index contributed by atoms with van der Waals surface area (Å²) in [4.78, 5) is 0. The zero-order chi connectivity index (χ0) is 12.4. The van der Waals surface area contributed by atoms with E-state index in [0.717, 1.165) is 17.1 Å². The highest BCUT2D eigenvalue weighted by Crippen LogP contribution is 2.28. The average Bonchev–Trinajstić information content (AvgIpc) is 2.68. The van der Waals surface area contributed by atoms with Gasteiger partial charge in [-0.25, -0.2) is 4.68 Å². The molecule has 2 rings (SSSR count). The van der Waals surface area contributed by atoms with Gasteiger partial charge in [-0.1, -0.05) is 0 Å². The highest BCUT2D eigenvalue weighted by Gasteiger charge is 2.09. The number of nitrogen functional groups attached to an aromatic ring is 1. The lowest BCUT2D eigenvalue weighted by molar-refractivity contribution is 0.392. The second-order valence-corrected chi connectivity index (χ2v) is 3.65. The summed E-state index contributed by atoms with van der Waals surface area (Å²) < 4.78 is 12.1. The van der Waals surface area contributed by atoms with Gasteiger partial charge in [0.05, 0.1) is 31.8 Å². The van der Waals surface area contributed by atoms with Gasteiger partial charge in [0.2, 0.25) is 0 Å². The highest BCUT2D eigenvalue weighted by atomic mass is 16.5. The molecule has 5 nitrogen and oxygen atoms in total. The van der Waals surface area contributed by atoms with Gasteiger partial charge in [0.25, 0.3) is 0 Å². The van der Waals surface area contributed by atoms with E-state index in [2.05, 4.69) is 5.10 Å². The summed E-state index contributed by atoms with van der Waals surface area (Å²) in [6.07, 6.45) is 1.76. The first-order chi connectivity index (χ1) is 8.15. The molecule has 1 aromatic heterocycles. The van der Waals surface area contributed by atoms with Gasteiger partial charge in [-0.05, 0) is 19.1 Å². The predicted octanol–water partition coefficient (Wildman–Crippen LogP) is 1.78. The van der Waals surface area contributed by atoms with Crippen LogP contribution in [0.15, 0.2) is 24.4 Å².